The number of aldehydes is 1. The molecule has 76 valence electrons. The fraction of sp³-hybridized carbons (Fsp3) is 0.667. The number of carbonyl (C=O) groups excluding carboxylic acids is 1. The largest absolute Gasteiger partial charge is 0.394 e. The number of hydrogen-bond acceptors (Lipinski definition) is 4. The highest BCUT2D eigenvalue weighted by atomic mass is 16.3. The molecule has 1 saturated carbocycles. The van der Waals surface area contributed by atoms with Crippen molar-refractivity contribution in [3.05, 3.63) is 11.4 Å². The minimum absolute atomic E-state index is 0.0153. The Bertz CT molecular complexity index is 344. The Balaban J connectivity index is 2.38. The maximum atomic E-state index is 10.7. The van der Waals surface area contributed by atoms with Gasteiger partial charge in [-0.2, -0.15) is 0 Å². The summed E-state index contributed by atoms with van der Waals surface area (Å²) >= 11 is 0. The molecule has 0 amide bonds. The molecular weight excluding hydrogens is 182 g/mol. The average molecular weight is 195 g/mol. The van der Waals surface area contributed by atoms with Crippen LogP contribution in [0.15, 0.2) is 0 Å². The second-order valence-electron chi connectivity index (χ2n) is 3.73. The molecule has 0 radical (unpaired) electrons. The van der Waals surface area contributed by atoms with Gasteiger partial charge in [-0.15, -0.1) is 5.10 Å². The van der Waals surface area contributed by atoms with E-state index >= 15 is 0 Å². The third-order valence-corrected chi connectivity index (χ3v) is 2.52. The fourth-order valence-corrected chi connectivity index (χ4v) is 1.55. The summed E-state index contributed by atoms with van der Waals surface area (Å²) in [4.78, 5) is 10.7. The van der Waals surface area contributed by atoms with Gasteiger partial charge in [-0.05, 0) is 19.8 Å². The zero-order valence-corrected chi connectivity index (χ0v) is 8.05. The van der Waals surface area contributed by atoms with Crippen LogP contribution in [0.5, 0.6) is 0 Å². The molecule has 0 spiro atoms. The van der Waals surface area contributed by atoms with Crippen molar-refractivity contribution < 1.29 is 9.90 Å². The Morgan fingerprint density at radius 2 is 2.43 bits per heavy atom. The molecule has 5 nitrogen and oxygen atoms in total. The lowest BCUT2D eigenvalue weighted by Gasteiger charge is -2.11. The van der Waals surface area contributed by atoms with Gasteiger partial charge in [0.15, 0.2) is 6.29 Å². The number of aliphatic hydroxyl groups is 1. The predicted octanol–water partition coefficient (Wildman–Crippen LogP) is 0.521. The molecule has 1 aliphatic carbocycles. The van der Waals surface area contributed by atoms with E-state index in [4.69, 9.17) is 5.11 Å². The van der Waals surface area contributed by atoms with Crippen LogP contribution in [0.1, 0.15) is 47.9 Å². The summed E-state index contributed by atoms with van der Waals surface area (Å²) in [6.45, 7) is 1.87. The summed E-state index contributed by atoms with van der Waals surface area (Å²) < 4.78 is 1.67. The molecule has 0 aromatic carbocycles. The highest BCUT2D eigenvalue weighted by Gasteiger charge is 2.32. The third kappa shape index (κ3) is 1.43. The van der Waals surface area contributed by atoms with Crippen LogP contribution in [0.3, 0.4) is 0 Å². The summed E-state index contributed by atoms with van der Waals surface area (Å²) in [5.41, 5.74) is 1.31. The van der Waals surface area contributed by atoms with E-state index in [0.717, 1.165) is 24.8 Å². The van der Waals surface area contributed by atoms with Crippen molar-refractivity contribution in [2.75, 3.05) is 6.61 Å². The Labute approximate surface area is 81.7 Å². The number of aromatic nitrogens is 3. The predicted molar refractivity (Wildman–Crippen MR) is 49.2 cm³/mol. The fourth-order valence-electron chi connectivity index (χ4n) is 1.55. The van der Waals surface area contributed by atoms with Crippen LogP contribution in [0, 0.1) is 0 Å². The molecule has 1 aliphatic rings. The Kier molecular flexibility index (Phi) is 2.33. The minimum atomic E-state index is -0.105. The van der Waals surface area contributed by atoms with E-state index in [-0.39, 0.29) is 12.6 Å². The van der Waals surface area contributed by atoms with Crippen LogP contribution in [0.25, 0.3) is 0 Å². The van der Waals surface area contributed by atoms with Crippen molar-refractivity contribution in [2.24, 2.45) is 0 Å². The second kappa shape index (κ2) is 3.49. The molecule has 0 bridgehead atoms. The van der Waals surface area contributed by atoms with E-state index in [1.165, 1.54) is 0 Å². The average Bonchev–Trinajstić information content (AvgIpc) is 2.96. The standard InChI is InChI=1S/C9H13N3O2/c1-6(4-13)12-9(7-2-3-7)8(5-14)10-11-12/h5-7,13H,2-4H2,1H3. The van der Waals surface area contributed by atoms with Gasteiger partial charge >= 0.3 is 0 Å². The highest BCUT2D eigenvalue weighted by Crippen LogP contribution is 2.41. The molecule has 1 heterocycles. The summed E-state index contributed by atoms with van der Waals surface area (Å²) in [6, 6.07) is -0.105. The normalized spacial score (nSPS) is 18.1. The Hall–Kier alpha value is -1.23. The molecule has 1 aromatic rings. The van der Waals surface area contributed by atoms with Crippen molar-refractivity contribution in [1.29, 1.82) is 0 Å². The van der Waals surface area contributed by atoms with Crippen molar-refractivity contribution >= 4 is 6.29 Å². The maximum Gasteiger partial charge on any atom is 0.172 e. The van der Waals surface area contributed by atoms with Gasteiger partial charge in [0.25, 0.3) is 0 Å². The molecule has 5 heteroatoms. The van der Waals surface area contributed by atoms with E-state index in [9.17, 15) is 4.79 Å². The van der Waals surface area contributed by atoms with Crippen molar-refractivity contribution in [1.82, 2.24) is 15.0 Å². The Morgan fingerprint density at radius 3 is 2.93 bits per heavy atom. The van der Waals surface area contributed by atoms with Crippen LogP contribution >= 0.6 is 0 Å². The first kappa shape index (κ1) is 9.33. The molecule has 0 aliphatic heterocycles. The molecule has 2 rings (SSSR count). The first-order valence-corrected chi connectivity index (χ1v) is 4.79. The van der Waals surface area contributed by atoms with Crippen molar-refractivity contribution in [3.8, 4) is 0 Å². The van der Waals surface area contributed by atoms with Gasteiger partial charge in [0.1, 0.15) is 5.69 Å². The van der Waals surface area contributed by atoms with Crippen LogP contribution in [0.4, 0.5) is 0 Å². The summed E-state index contributed by atoms with van der Waals surface area (Å²) in [6.07, 6.45) is 2.92. The van der Waals surface area contributed by atoms with Crippen molar-refractivity contribution in [2.45, 2.75) is 31.7 Å². The smallest absolute Gasteiger partial charge is 0.172 e. The van der Waals surface area contributed by atoms with E-state index in [1.807, 2.05) is 6.92 Å². The van der Waals surface area contributed by atoms with Gasteiger partial charge in [-0.3, -0.25) is 4.79 Å². The quantitative estimate of drug-likeness (QED) is 0.711. The van der Waals surface area contributed by atoms with Gasteiger partial charge in [-0.25, -0.2) is 4.68 Å². The number of carbonyl (C=O) groups is 1. The van der Waals surface area contributed by atoms with Crippen LogP contribution in [-0.4, -0.2) is 33.0 Å². The summed E-state index contributed by atoms with van der Waals surface area (Å²) in [5.74, 6) is 0.416. The number of nitrogens with zero attached hydrogens (tertiary/aromatic N) is 3. The molecule has 1 fully saturated rings. The topological polar surface area (TPSA) is 68.0 Å². The Morgan fingerprint density at radius 1 is 1.71 bits per heavy atom. The molecule has 1 atom stereocenters. The van der Waals surface area contributed by atoms with Gasteiger partial charge in [0, 0.05) is 5.92 Å². The first-order valence-electron chi connectivity index (χ1n) is 4.79. The van der Waals surface area contributed by atoms with E-state index in [2.05, 4.69) is 10.3 Å². The highest BCUT2D eigenvalue weighted by molar-refractivity contribution is 5.73. The van der Waals surface area contributed by atoms with E-state index < -0.39 is 0 Å². The van der Waals surface area contributed by atoms with E-state index in [0.29, 0.717) is 11.6 Å². The van der Waals surface area contributed by atoms with Gasteiger partial charge < -0.3 is 5.11 Å². The molecular formula is C9H13N3O2. The number of aliphatic hydroxyl groups excluding tert-OH is 1. The molecule has 1 N–H and O–H groups in total. The minimum Gasteiger partial charge on any atom is -0.394 e. The third-order valence-electron chi connectivity index (χ3n) is 2.52. The summed E-state index contributed by atoms with van der Waals surface area (Å²) in [7, 11) is 0. The first-order chi connectivity index (χ1) is 6.77. The van der Waals surface area contributed by atoms with Gasteiger partial charge in [0.05, 0.1) is 18.3 Å². The van der Waals surface area contributed by atoms with Crippen LogP contribution in [-0.2, 0) is 0 Å². The lowest BCUT2D eigenvalue weighted by atomic mass is 10.2. The van der Waals surface area contributed by atoms with Gasteiger partial charge in [-0.1, -0.05) is 5.21 Å². The zero-order valence-electron chi connectivity index (χ0n) is 8.05. The molecule has 0 saturated heterocycles. The molecule has 1 unspecified atom stereocenters. The lowest BCUT2D eigenvalue weighted by molar-refractivity contribution is 0.111. The molecule has 14 heavy (non-hydrogen) atoms. The zero-order chi connectivity index (χ0) is 10.1. The number of rotatable bonds is 4. The van der Waals surface area contributed by atoms with Crippen molar-refractivity contribution in [3.63, 3.8) is 0 Å². The molecule has 1 aromatic heterocycles. The SMILES string of the molecule is CC(CO)n1nnc(C=O)c1C1CC1. The van der Waals surface area contributed by atoms with E-state index in [1.54, 1.807) is 4.68 Å². The second-order valence-corrected chi connectivity index (χ2v) is 3.73. The van der Waals surface area contributed by atoms with Gasteiger partial charge in [0.2, 0.25) is 0 Å². The lowest BCUT2D eigenvalue weighted by Crippen LogP contribution is -2.14. The van der Waals surface area contributed by atoms with Crippen LogP contribution < -0.4 is 0 Å². The van der Waals surface area contributed by atoms with Crippen LogP contribution in [0.2, 0.25) is 0 Å². The number of hydrogen-bond donors (Lipinski definition) is 1. The maximum absolute atomic E-state index is 10.7. The monoisotopic (exact) mass is 195 g/mol. The summed E-state index contributed by atoms with van der Waals surface area (Å²) in [5, 5.41) is 16.7.